The quantitative estimate of drug-likeness (QED) is 0.820. The number of para-hydroxylation sites is 2. The van der Waals surface area contributed by atoms with Gasteiger partial charge in [-0.1, -0.05) is 12.1 Å². The summed E-state index contributed by atoms with van der Waals surface area (Å²) < 4.78 is 2.14. The molecule has 0 bridgehead atoms. The van der Waals surface area contributed by atoms with Gasteiger partial charge < -0.3 is 15.2 Å². The number of fused-ring (bicyclic) bond motifs is 1. The fourth-order valence-corrected chi connectivity index (χ4v) is 2.87. The number of carbonyl (C=O) groups excluding carboxylic acids is 1. The highest BCUT2D eigenvalue weighted by Crippen LogP contribution is 2.12. The molecule has 0 spiro atoms. The number of rotatable bonds is 5. The van der Waals surface area contributed by atoms with Gasteiger partial charge in [-0.25, -0.2) is 4.98 Å². The molecule has 1 fully saturated rings. The van der Waals surface area contributed by atoms with Crippen LogP contribution in [0.4, 0.5) is 0 Å². The summed E-state index contributed by atoms with van der Waals surface area (Å²) in [7, 11) is 0. The number of nitrogens with one attached hydrogen (secondary N) is 2. The number of benzene rings is 1. The number of imidazole rings is 1. The second kappa shape index (κ2) is 6.72. The molecule has 2 heterocycles. The molecule has 2 aromatic rings. The number of aromatic nitrogens is 2. The molecule has 0 unspecified atom stereocenters. The number of nitrogens with zero attached hydrogens (tertiary/aromatic N) is 2. The van der Waals surface area contributed by atoms with Crippen LogP contribution in [-0.4, -0.2) is 35.1 Å². The predicted molar refractivity (Wildman–Crippen MR) is 83.0 cm³/mol. The largest absolute Gasteiger partial charge is 0.356 e. The van der Waals surface area contributed by atoms with Gasteiger partial charge in [-0.2, -0.15) is 0 Å². The molecule has 5 heteroatoms. The molecule has 1 saturated heterocycles. The summed E-state index contributed by atoms with van der Waals surface area (Å²) in [6.07, 6.45) is 4.90. The van der Waals surface area contributed by atoms with E-state index in [2.05, 4.69) is 26.3 Å². The minimum atomic E-state index is 0.146. The van der Waals surface area contributed by atoms with E-state index < -0.39 is 0 Å². The molecule has 1 atom stereocenters. The van der Waals surface area contributed by atoms with Crippen LogP contribution in [0, 0.1) is 5.92 Å². The van der Waals surface area contributed by atoms with Gasteiger partial charge in [-0.05, 0) is 37.9 Å². The smallest absolute Gasteiger partial charge is 0.224 e. The molecule has 0 radical (unpaired) electrons. The van der Waals surface area contributed by atoms with Crippen molar-refractivity contribution in [1.29, 1.82) is 0 Å². The van der Waals surface area contributed by atoms with Crippen LogP contribution in [-0.2, 0) is 11.3 Å². The molecular weight excluding hydrogens is 264 g/mol. The maximum Gasteiger partial charge on any atom is 0.224 e. The normalized spacial score (nSPS) is 18.8. The highest BCUT2D eigenvalue weighted by atomic mass is 16.1. The molecule has 21 heavy (non-hydrogen) atoms. The van der Waals surface area contributed by atoms with Crippen LogP contribution < -0.4 is 10.6 Å². The van der Waals surface area contributed by atoms with Gasteiger partial charge in [0.2, 0.25) is 5.91 Å². The van der Waals surface area contributed by atoms with Gasteiger partial charge in [0.1, 0.15) is 0 Å². The van der Waals surface area contributed by atoms with Crippen LogP contribution in [0.3, 0.4) is 0 Å². The molecular formula is C16H22N4O. The Hall–Kier alpha value is -1.88. The maximum atomic E-state index is 12.0. The topological polar surface area (TPSA) is 59.0 Å². The SMILES string of the molecule is O=C(NCCCn1cnc2ccccc21)[C@@H]1CCCNC1. The Bertz CT molecular complexity index is 601. The van der Waals surface area contributed by atoms with Crippen molar-refractivity contribution in [2.24, 2.45) is 5.92 Å². The molecule has 1 amide bonds. The van der Waals surface area contributed by atoms with Crippen molar-refractivity contribution in [2.75, 3.05) is 19.6 Å². The van der Waals surface area contributed by atoms with E-state index in [1.807, 2.05) is 24.5 Å². The lowest BCUT2D eigenvalue weighted by molar-refractivity contribution is -0.125. The lowest BCUT2D eigenvalue weighted by Crippen LogP contribution is -2.40. The highest BCUT2D eigenvalue weighted by Gasteiger charge is 2.19. The third-order valence-corrected chi connectivity index (χ3v) is 4.07. The van der Waals surface area contributed by atoms with Crippen molar-refractivity contribution in [3.05, 3.63) is 30.6 Å². The van der Waals surface area contributed by atoms with Crippen molar-refractivity contribution >= 4 is 16.9 Å². The van der Waals surface area contributed by atoms with E-state index in [-0.39, 0.29) is 11.8 Å². The first kappa shape index (κ1) is 14.1. The first-order valence-corrected chi connectivity index (χ1v) is 7.73. The van der Waals surface area contributed by atoms with Crippen molar-refractivity contribution in [3.63, 3.8) is 0 Å². The standard InChI is InChI=1S/C16H22N4O/c21-16(13-5-3-8-17-11-13)18-9-4-10-20-12-19-14-6-1-2-7-15(14)20/h1-2,6-7,12-13,17H,3-5,8-11H2,(H,18,21)/t13-/m1/s1. The average Bonchev–Trinajstić information content (AvgIpc) is 2.95. The van der Waals surface area contributed by atoms with Crippen molar-refractivity contribution < 1.29 is 4.79 Å². The minimum Gasteiger partial charge on any atom is -0.356 e. The molecule has 2 N–H and O–H groups in total. The van der Waals surface area contributed by atoms with Gasteiger partial charge in [0.05, 0.1) is 23.3 Å². The Morgan fingerprint density at radius 3 is 3.19 bits per heavy atom. The van der Waals surface area contributed by atoms with Crippen LogP contribution >= 0.6 is 0 Å². The highest BCUT2D eigenvalue weighted by molar-refractivity contribution is 5.79. The second-order valence-electron chi connectivity index (χ2n) is 5.61. The van der Waals surface area contributed by atoms with Gasteiger partial charge in [-0.15, -0.1) is 0 Å². The van der Waals surface area contributed by atoms with E-state index in [4.69, 9.17) is 0 Å². The van der Waals surface area contributed by atoms with Crippen LogP contribution in [0.2, 0.25) is 0 Å². The lowest BCUT2D eigenvalue weighted by atomic mass is 9.99. The number of aryl methyl sites for hydroxylation is 1. The van der Waals surface area contributed by atoms with Crippen molar-refractivity contribution in [3.8, 4) is 0 Å². The van der Waals surface area contributed by atoms with E-state index in [0.717, 1.165) is 56.5 Å². The van der Waals surface area contributed by atoms with Gasteiger partial charge in [0.15, 0.2) is 0 Å². The number of hydrogen-bond acceptors (Lipinski definition) is 3. The molecule has 3 rings (SSSR count). The molecule has 5 nitrogen and oxygen atoms in total. The van der Waals surface area contributed by atoms with E-state index >= 15 is 0 Å². The Morgan fingerprint density at radius 2 is 2.33 bits per heavy atom. The van der Waals surface area contributed by atoms with E-state index in [0.29, 0.717) is 0 Å². The predicted octanol–water partition coefficient (Wildman–Crippen LogP) is 1.54. The molecule has 112 valence electrons. The van der Waals surface area contributed by atoms with Crippen LogP contribution in [0.5, 0.6) is 0 Å². The lowest BCUT2D eigenvalue weighted by Gasteiger charge is -2.21. The zero-order valence-corrected chi connectivity index (χ0v) is 12.2. The van der Waals surface area contributed by atoms with E-state index in [1.54, 1.807) is 0 Å². The minimum absolute atomic E-state index is 0.146. The maximum absolute atomic E-state index is 12.0. The molecule has 1 aromatic carbocycles. The number of amides is 1. The van der Waals surface area contributed by atoms with Gasteiger partial charge in [-0.3, -0.25) is 4.79 Å². The Kier molecular flexibility index (Phi) is 4.50. The summed E-state index contributed by atoms with van der Waals surface area (Å²) in [5, 5.41) is 6.33. The number of carbonyl (C=O) groups is 1. The van der Waals surface area contributed by atoms with E-state index in [1.165, 1.54) is 0 Å². The first-order chi connectivity index (χ1) is 10.3. The molecule has 0 saturated carbocycles. The summed E-state index contributed by atoms with van der Waals surface area (Å²) in [5.41, 5.74) is 2.18. The van der Waals surface area contributed by atoms with Crippen molar-refractivity contribution in [2.45, 2.75) is 25.8 Å². The number of hydrogen-bond donors (Lipinski definition) is 2. The Morgan fingerprint density at radius 1 is 1.43 bits per heavy atom. The summed E-state index contributed by atoms with van der Waals surface area (Å²) in [4.78, 5) is 16.4. The summed E-state index contributed by atoms with van der Waals surface area (Å²) in [5.74, 6) is 0.338. The molecule has 1 aromatic heterocycles. The van der Waals surface area contributed by atoms with Crippen LogP contribution in [0.1, 0.15) is 19.3 Å². The third kappa shape index (κ3) is 3.42. The summed E-state index contributed by atoms with van der Waals surface area (Å²) in [6.45, 7) is 3.46. The first-order valence-electron chi connectivity index (χ1n) is 7.73. The van der Waals surface area contributed by atoms with Gasteiger partial charge >= 0.3 is 0 Å². The summed E-state index contributed by atoms with van der Waals surface area (Å²) >= 11 is 0. The van der Waals surface area contributed by atoms with Crippen LogP contribution in [0.25, 0.3) is 11.0 Å². The average molecular weight is 286 g/mol. The Labute approximate surface area is 124 Å². The van der Waals surface area contributed by atoms with Gasteiger partial charge in [0, 0.05) is 19.6 Å². The molecule has 1 aliphatic rings. The molecule has 0 aliphatic carbocycles. The van der Waals surface area contributed by atoms with Crippen LogP contribution in [0.15, 0.2) is 30.6 Å². The van der Waals surface area contributed by atoms with Crippen molar-refractivity contribution in [1.82, 2.24) is 20.2 Å². The molecule has 1 aliphatic heterocycles. The third-order valence-electron chi connectivity index (χ3n) is 4.07. The fourth-order valence-electron chi connectivity index (χ4n) is 2.87. The van der Waals surface area contributed by atoms with Gasteiger partial charge in [0.25, 0.3) is 0 Å². The second-order valence-corrected chi connectivity index (χ2v) is 5.61. The van der Waals surface area contributed by atoms with E-state index in [9.17, 15) is 4.79 Å². The Balaban J connectivity index is 1.44. The fraction of sp³-hybridized carbons (Fsp3) is 0.500. The number of piperidine rings is 1. The zero-order valence-electron chi connectivity index (χ0n) is 12.2. The monoisotopic (exact) mass is 286 g/mol. The summed E-state index contributed by atoms with van der Waals surface area (Å²) in [6, 6.07) is 8.12. The zero-order chi connectivity index (χ0) is 14.5.